The molecule has 3 aromatic carbocycles. The maximum absolute atomic E-state index is 11.3. The number of fused-ring (bicyclic) bond motifs is 2. The number of aromatic nitrogens is 1. The van der Waals surface area contributed by atoms with Crippen LogP contribution in [-0.2, 0) is 5.60 Å². The number of ether oxygens (including phenoxy) is 1. The first-order valence-corrected chi connectivity index (χ1v) is 10.9. The van der Waals surface area contributed by atoms with Crippen LogP contribution in [-0.4, -0.2) is 52.4 Å². The molecule has 5 rings (SSSR count). The van der Waals surface area contributed by atoms with E-state index in [2.05, 4.69) is 34.1 Å². The molecule has 1 aromatic heterocycles. The molecule has 1 saturated heterocycles. The highest BCUT2D eigenvalue weighted by Crippen LogP contribution is 2.34. The zero-order chi connectivity index (χ0) is 21.3. The van der Waals surface area contributed by atoms with Gasteiger partial charge >= 0.3 is 0 Å². The molecule has 0 amide bonds. The van der Waals surface area contributed by atoms with Gasteiger partial charge in [0.1, 0.15) is 18.5 Å². The molecule has 0 aliphatic carbocycles. The fraction of sp³-hybridized carbons (Fsp3) is 0.308. The second-order valence-electron chi connectivity index (χ2n) is 8.55. The summed E-state index contributed by atoms with van der Waals surface area (Å²) in [7, 11) is 0. The first-order chi connectivity index (χ1) is 15.1. The van der Waals surface area contributed by atoms with Crippen molar-refractivity contribution in [3.8, 4) is 5.75 Å². The van der Waals surface area contributed by atoms with E-state index in [4.69, 9.17) is 4.74 Å². The Bertz CT molecular complexity index is 1180. The Morgan fingerprint density at radius 1 is 0.968 bits per heavy atom. The molecular weight excluding hydrogens is 388 g/mol. The van der Waals surface area contributed by atoms with Gasteiger partial charge in [0.25, 0.3) is 0 Å². The Morgan fingerprint density at radius 3 is 2.61 bits per heavy atom. The number of likely N-dealkylation sites (tertiary alicyclic amines) is 1. The number of hydrogen-bond acceptors (Lipinski definition) is 4. The van der Waals surface area contributed by atoms with Crippen molar-refractivity contribution in [1.82, 2.24) is 9.88 Å². The topological polar surface area (TPSA) is 68.7 Å². The highest BCUT2D eigenvalue weighted by molar-refractivity contribution is 5.85. The molecule has 2 heterocycles. The molecule has 5 heteroatoms. The van der Waals surface area contributed by atoms with Gasteiger partial charge in [-0.05, 0) is 53.4 Å². The Balaban J connectivity index is 1.17. The molecule has 31 heavy (non-hydrogen) atoms. The zero-order valence-corrected chi connectivity index (χ0v) is 17.5. The van der Waals surface area contributed by atoms with Crippen LogP contribution in [0.25, 0.3) is 21.7 Å². The average Bonchev–Trinajstić information content (AvgIpc) is 3.28. The molecule has 4 aromatic rings. The minimum Gasteiger partial charge on any atom is -0.490 e. The lowest BCUT2D eigenvalue weighted by Crippen LogP contribution is -2.46. The van der Waals surface area contributed by atoms with Crippen LogP contribution in [0.2, 0.25) is 0 Å². The van der Waals surface area contributed by atoms with E-state index in [0.717, 1.165) is 40.7 Å². The lowest BCUT2D eigenvalue weighted by atomic mass is 9.83. The molecule has 1 aliphatic heterocycles. The van der Waals surface area contributed by atoms with Crippen LogP contribution in [0, 0.1) is 0 Å². The van der Waals surface area contributed by atoms with Crippen LogP contribution < -0.4 is 4.74 Å². The lowest BCUT2D eigenvalue weighted by Gasteiger charge is -2.39. The first-order valence-electron chi connectivity index (χ1n) is 10.9. The molecule has 1 unspecified atom stereocenters. The molecule has 0 radical (unpaired) electrons. The van der Waals surface area contributed by atoms with Crippen molar-refractivity contribution in [3.63, 3.8) is 0 Å². The van der Waals surface area contributed by atoms with Gasteiger partial charge in [-0.25, -0.2) is 0 Å². The lowest BCUT2D eigenvalue weighted by molar-refractivity contribution is -0.0371. The third-order valence-corrected chi connectivity index (χ3v) is 6.43. The van der Waals surface area contributed by atoms with Gasteiger partial charge in [-0.1, -0.05) is 42.5 Å². The second-order valence-corrected chi connectivity index (χ2v) is 8.55. The Labute approximate surface area is 181 Å². The van der Waals surface area contributed by atoms with E-state index >= 15 is 0 Å². The molecule has 5 nitrogen and oxygen atoms in total. The highest BCUT2D eigenvalue weighted by atomic mass is 16.5. The number of aromatic amines is 1. The number of nitrogens with zero attached hydrogens (tertiary/aromatic N) is 1. The summed E-state index contributed by atoms with van der Waals surface area (Å²) in [5.41, 5.74) is 1.19. The molecule has 1 atom stereocenters. The monoisotopic (exact) mass is 416 g/mol. The first kappa shape index (κ1) is 20.1. The SMILES string of the molecule is OC(COc1cccc2[nH]ccc12)CN1CCC(O)(c2ccc3ccccc3c2)CC1. The van der Waals surface area contributed by atoms with Gasteiger partial charge in [-0.15, -0.1) is 0 Å². The molecule has 3 N–H and O–H groups in total. The van der Waals surface area contributed by atoms with E-state index in [1.807, 2.05) is 48.7 Å². The predicted molar refractivity (Wildman–Crippen MR) is 123 cm³/mol. The summed E-state index contributed by atoms with van der Waals surface area (Å²) in [6, 6.07) is 22.3. The van der Waals surface area contributed by atoms with Crippen LogP contribution >= 0.6 is 0 Å². The summed E-state index contributed by atoms with van der Waals surface area (Å²) in [6.07, 6.45) is 2.61. The summed E-state index contributed by atoms with van der Waals surface area (Å²) in [5.74, 6) is 0.780. The molecule has 1 fully saturated rings. The van der Waals surface area contributed by atoms with Crippen molar-refractivity contribution in [2.24, 2.45) is 0 Å². The van der Waals surface area contributed by atoms with Gasteiger partial charge in [-0.3, -0.25) is 0 Å². The number of hydrogen-bond donors (Lipinski definition) is 3. The van der Waals surface area contributed by atoms with Gasteiger partial charge in [0.15, 0.2) is 0 Å². The third kappa shape index (κ3) is 4.17. The summed E-state index contributed by atoms with van der Waals surface area (Å²) in [5, 5.41) is 25.1. The van der Waals surface area contributed by atoms with E-state index in [1.165, 1.54) is 5.39 Å². The molecule has 0 bridgehead atoms. The predicted octanol–water partition coefficient (Wildman–Crippen LogP) is 4.04. The molecule has 0 saturated carbocycles. The van der Waals surface area contributed by atoms with Gasteiger partial charge < -0.3 is 24.8 Å². The second kappa shape index (κ2) is 8.35. The van der Waals surface area contributed by atoms with E-state index in [0.29, 0.717) is 19.4 Å². The maximum atomic E-state index is 11.3. The minimum absolute atomic E-state index is 0.246. The van der Waals surface area contributed by atoms with Gasteiger partial charge in [0.2, 0.25) is 0 Å². The minimum atomic E-state index is -0.814. The Hall–Kier alpha value is -2.86. The number of piperidine rings is 1. The maximum Gasteiger partial charge on any atom is 0.128 e. The number of benzene rings is 3. The smallest absolute Gasteiger partial charge is 0.128 e. The molecular formula is C26H28N2O3. The van der Waals surface area contributed by atoms with E-state index in [9.17, 15) is 10.2 Å². The van der Waals surface area contributed by atoms with Gasteiger partial charge in [-0.2, -0.15) is 0 Å². The molecule has 160 valence electrons. The van der Waals surface area contributed by atoms with Crippen molar-refractivity contribution in [1.29, 1.82) is 0 Å². The summed E-state index contributed by atoms with van der Waals surface area (Å²) in [6.45, 7) is 2.27. The van der Waals surface area contributed by atoms with E-state index in [1.54, 1.807) is 0 Å². The van der Waals surface area contributed by atoms with E-state index < -0.39 is 11.7 Å². The van der Waals surface area contributed by atoms with Crippen LogP contribution in [0.3, 0.4) is 0 Å². The Morgan fingerprint density at radius 2 is 1.77 bits per heavy atom. The average molecular weight is 417 g/mol. The van der Waals surface area contributed by atoms with Crippen LogP contribution in [0.1, 0.15) is 18.4 Å². The fourth-order valence-corrected chi connectivity index (χ4v) is 4.59. The number of β-amino-alcohol motifs (C(OH)–C–C–N with tert-alkyl or cyclic N) is 1. The number of aliphatic hydroxyl groups is 2. The van der Waals surface area contributed by atoms with Crippen molar-refractivity contribution in [3.05, 3.63) is 78.5 Å². The van der Waals surface area contributed by atoms with Crippen molar-refractivity contribution >= 4 is 21.7 Å². The van der Waals surface area contributed by atoms with Crippen LogP contribution in [0.15, 0.2) is 72.9 Å². The fourth-order valence-electron chi connectivity index (χ4n) is 4.59. The van der Waals surface area contributed by atoms with Crippen molar-refractivity contribution in [2.45, 2.75) is 24.5 Å². The van der Waals surface area contributed by atoms with E-state index in [-0.39, 0.29) is 6.61 Å². The van der Waals surface area contributed by atoms with Crippen LogP contribution in [0.5, 0.6) is 5.75 Å². The highest BCUT2D eigenvalue weighted by Gasteiger charge is 2.34. The number of nitrogens with one attached hydrogen (secondary N) is 1. The number of aliphatic hydroxyl groups excluding tert-OH is 1. The molecule has 0 spiro atoms. The largest absolute Gasteiger partial charge is 0.490 e. The zero-order valence-electron chi connectivity index (χ0n) is 17.5. The normalized spacial score (nSPS) is 17.7. The van der Waals surface area contributed by atoms with Crippen LogP contribution in [0.4, 0.5) is 0 Å². The summed E-state index contributed by atoms with van der Waals surface area (Å²) in [4.78, 5) is 5.38. The number of H-pyrrole nitrogens is 1. The third-order valence-electron chi connectivity index (χ3n) is 6.43. The van der Waals surface area contributed by atoms with Crippen molar-refractivity contribution < 1.29 is 14.9 Å². The van der Waals surface area contributed by atoms with Gasteiger partial charge in [0.05, 0.1) is 5.60 Å². The van der Waals surface area contributed by atoms with Crippen molar-refractivity contribution in [2.75, 3.05) is 26.2 Å². The van der Waals surface area contributed by atoms with Gasteiger partial charge in [0, 0.05) is 36.7 Å². The standard InChI is InChI=1S/C26H28N2O3/c29-22(18-31-25-7-3-6-24-23(25)10-13-27-24)17-28-14-11-26(30,12-15-28)21-9-8-19-4-1-2-5-20(19)16-21/h1-10,13,16,22,27,29-30H,11-12,14-15,17-18H2. The summed E-state index contributed by atoms with van der Waals surface area (Å²) < 4.78 is 5.89. The Kier molecular flexibility index (Phi) is 5.40. The summed E-state index contributed by atoms with van der Waals surface area (Å²) >= 11 is 0. The molecule has 1 aliphatic rings. The number of rotatable bonds is 6. The quantitative estimate of drug-likeness (QED) is 0.444.